The van der Waals surface area contributed by atoms with E-state index in [1.807, 2.05) is 0 Å². The van der Waals surface area contributed by atoms with Gasteiger partial charge in [0.25, 0.3) is 11.8 Å². The van der Waals surface area contributed by atoms with Crippen molar-refractivity contribution in [2.45, 2.75) is 32.1 Å². The largest absolute Gasteiger partial charge is 0.470 e. The Hall–Kier alpha value is -3.24. The second kappa shape index (κ2) is 9.06. The van der Waals surface area contributed by atoms with Crippen LogP contribution in [0.2, 0.25) is 0 Å². The number of nitrogens with one attached hydrogen (secondary N) is 1. The van der Waals surface area contributed by atoms with E-state index in [4.69, 9.17) is 18.5 Å². The van der Waals surface area contributed by atoms with Gasteiger partial charge in [-0.25, -0.2) is 4.39 Å². The lowest BCUT2D eigenvalue weighted by Crippen LogP contribution is -2.38. The average Bonchev–Trinajstić information content (AvgIpc) is 3.40. The number of nitrogens with zero attached hydrogens (tertiary/aromatic N) is 2. The third-order valence-electron chi connectivity index (χ3n) is 4.76. The highest BCUT2D eigenvalue weighted by Crippen LogP contribution is 2.27. The van der Waals surface area contributed by atoms with Gasteiger partial charge in [0.2, 0.25) is 5.76 Å². The summed E-state index contributed by atoms with van der Waals surface area (Å²) in [6, 6.07) is 7.11. The van der Waals surface area contributed by atoms with Gasteiger partial charge in [-0.05, 0) is 42.3 Å². The standard InChI is InChI=1S/C20H20FN3O6/c21-13-3-1-12(2-4-13)19-15(17(10-25)30-24-19)11-28-18-9-16(29-23-18)20(26)22-14-5-7-27-8-6-14/h1-4,9,14,25H,5-8,10-11H2,(H,22,26). The molecule has 3 aromatic rings. The summed E-state index contributed by atoms with van der Waals surface area (Å²) in [6.45, 7) is 0.792. The van der Waals surface area contributed by atoms with E-state index in [9.17, 15) is 14.3 Å². The second-order valence-electron chi connectivity index (χ2n) is 6.78. The van der Waals surface area contributed by atoms with Crippen molar-refractivity contribution >= 4 is 5.91 Å². The maximum atomic E-state index is 13.2. The monoisotopic (exact) mass is 417 g/mol. The van der Waals surface area contributed by atoms with Crippen LogP contribution in [0.1, 0.15) is 34.7 Å². The van der Waals surface area contributed by atoms with Crippen LogP contribution in [-0.2, 0) is 18.0 Å². The van der Waals surface area contributed by atoms with Crippen LogP contribution >= 0.6 is 0 Å². The SMILES string of the molecule is O=C(NC1CCOCC1)c1cc(OCc2c(-c3ccc(F)cc3)noc2CO)no1. The average molecular weight is 417 g/mol. The molecule has 0 saturated carbocycles. The van der Waals surface area contributed by atoms with Gasteiger partial charge in [-0.2, -0.15) is 0 Å². The van der Waals surface area contributed by atoms with Gasteiger partial charge in [-0.15, -0.1) is 0 Å². The minimum atomic E-state index is -0.384. The maximum Gasteiger partial charge on any atom is 0.290 e. The molecule has 1 aromatic carbocycles. The van der Waals surface area contributed by atoms with E-state index in [-0.39, 0.29) is 48.4 Å². The lowest BCUT2D eigenvalue weighted by molar-refractivity contribution is 0.0679. The summed E-state index contributed by atoms with van der Waals surface area (Å²) in [5, 5.41) is 20.1. The minimum absolute atomic E-state index is 0.0305. The highest BCUT2D eigenvalue weighted by Gasteiger charge is 2.22. The Bertz CT molecular complexity index is 994. The Morgan fingerprint density at radius 3 is 2.70 bits per heavy atom. The molecular weight excluding hydrogens is 397 g/mol. The fraction of sp³-hybridized carbons (Fsp3) is 0.350. The quantitative estimate of drug-likeness (QED) is 0.602. The highest BCUT2D eigenvalue weighted by molar-refractivity contribution is 5.91. The molecule has 2 N–H and O–H groups in total. The van der Waals surface area contributed by atoms with E-state index < -0.39 is 0 Å². The fourth-order valence-corrected chi connectivity index (χ4v) is 3.13. The number of hydrogen-bond donors (Lipinski definition) is 2. The third-order valence-corrected chi connectivity index (χ3v) is 4.76. The van der Waals surface area contributed by atoms with Crippen LogP contribution in [-0.4, -0.2) is 40.6 Å². The van der Waals surface area contributed by atoms with Crippen LogP contribution < -0.4 is 10.1 Å². The Kier molecular flexibility index (Phi) is 6.05. The number of aromatic nitrogens is 2. The number of rotatable bonds is 7. The molecule has 0 bridgehead atoms. The first-order chi connectivity index (χ1) is 14.6. The van der Waals surface area contributed by atoms with Gasteiger partial charge in [-0.1, -0.05) is 5.16 Å². The molecule has 4 rings (SSSR count). The van der Waals surface area contributed by atoms with Crippen LogP contribution in [0.5, 0.6) is 5.88 Å². The molecule has 1 aliphatic rings. The summed E-state index contributed by atoms with van der Waals surface area (Å²) in [6.07, 6.45) is 1.49. The lowest BCUT2D eigenvalue weighted by atomic mass is 10.1. The van der Waals surface area contributed by atoms with Crippen molar-refractivity contribution in [2.24, 2.45) is 0 Å². The van der Waals surface area contributed by atoms with E-state index in [1.165, 1.54) is 18.2 Å². The van der Waals surface area contributed by atoms with Crippen molar-refractivity contribution in [3.8, 4) is 17.1 Å². The van der Waals surface area contributed by atoms with Crippen LogP contribution in [0.15, 0.2) is 39.4 Å². The second-order valence-corrected chi connectivity index (χ2v) is 6.78. The van der Waals surface area contributed by atoms with E-state index in [0.29, 0.717) is 30.0 Å². The van der Waals surface area contributed by atoms with Crippen LogP contribution in [0.3, 0.4) is 0 Å². The van der Waals surface area contributed by atoms with Crippen LogP contribution in [0.25, 0.3) is 11.3 Å². The normalized spacial score (nSPS) is 14.6. The van der Waals surface area contributed by atoms with Crippen LogP contribution in [0.4, 0.5) is 4.39 Å². The first-order valence-corrected chi connectivity index (χ1v) is 9.46. The minimum Gasteiger partial charge on any atom is -0.470 e. The smallest absolute Gasteiger partial charge is 0.290 e. The summed E-state index contributed by atoms with van der Waals surface area (Å²) >= 11 is 0. The molecule has 1 fully saturated rings. The molecule has 30 heavy (non-hydrogen) atoms. The number of carbonyl (C=O) groups excluding carboxylic acids is 1. The zero-order valence-corrected chi connectivity index (χ0v) is 16.0. The summed E-state index contributed by atoms with van der Waals surface area (Å²) < 4.78 is 34.3. The van der Waals surface area contributed by atoms with E-state index in [1.54, 1.807) is 12.1 Å². The van der Waals surface area contributed by atoms with Gasteiger partial charge in [0.15, 0.2) is 5.76 Å². The number of hydrogen-bond acceptors (Lipinski definition) is 8. The number of halogens is 1. The first-order valence-electron chi connectivity index (χ1n) is 9.46. The number of benzene rings is 1. The zero-order chi connectivity index (χ0) is 20.9. The fourth-order valence-electron chi connectivity index (χ4n) is 3.13. The Morgan fingerprint density at radius 1 is 1.20 bits per heavy atom. The van der Waals surface area contributed by atoms with Crippen molar-refractivity contribution in [3.63, 3.8) is 0 Å². The van der Waals surface area contributed by atoms with Crippen molar-refractivity contribution in [3.05, 3.63) is 53.2 Å². The first kappa shape index (κ1) is 20.0. The number of carbonyl (C=O) groups is 1. The molecule has 3 heterocycles. The summed E-state index contributed by atoms with van der Waals surface area (Å²) in [7, 11) is 0. The molecule has 0 spiro atoms. The van der Waals surface area contributed by atoms with Gasteiger partial charge in [0.1, 0.15) is 24.7 Å². The van der Waals surface area contributed by atoms with E-state index >= 15 is 0 Å². The predicted octanol–water partition coefficient (Wildman–Crippen LogP) is 2.45. The number of amides is 1. The van der Waals surface area contributed by atoms with Gasteiger partial charge in [0.05, 0.1) is 11.6 Å². The molecule has 2 aromatic heterocycles. The number of aliphatic hydroxyl groups excluding tert-OH is 1. The zero-order valence-electron chi connectivity index (χ0n) is 16.0. The van der Waals surface area contributed by atoms with Gasteiger partial charge in [0, 0.05) is 24.8 Å². The summed E-state index contributed by atoms with van der Waals surface area (Å²) in [5.41, 5.74) is 1.51. The predicted molar refractivity (Wildman–Crippen MR) is 100.0 cm³/mol. The molecule has 0 radical (unpaired) electrons. The topological polar surface area (TPSA) is 120 Å². The van der Waals surface area contributed by atoms with Crippen molar-refractivity contribution in [2.75, 3.05) is 13.2 Å². The lowest BCUT2D eigenvalue weighted by Gasteiger charge is -2.22. The molecule has 0 unspecified atom stereocenters. The summed E-state index contributed by atoms with van der Waals surface area (Å²) in [4.78, 5) is 12.3. The van der Waals surface area contributed by atoms with Gasteiger partial charge < -0.3 is 28.9 Å². The molecular formula is C20H20FN3O6. The molecule has 158 valence electrons. The van der Waals surface area contributed by atoms with Crippen LogP contribution in [0, 0.1) is 5.82 Å². The molecule has 0 atom stereocenters. The number of aliphatic hydroxyl groups is 1. The molecule has 1 saturated heterocycles. The number of ether oxygens (including phenoxy) is 2. The molecule has 1 aliphatic heterocycles. The maximum absolute atomic E-state index is 13.2. The highest BCUT2D eigenvalue weighted by atomic mass is 19.1. The van der Waals surface area contributed by atoms with Gasteiger partial charge >= 0.3 is 0 Å². The van der Waals surface area contributed by atoms with Crippen molar-refractivity contribution in [1.82, 2.24) is 15.6 Å². The Balaban J connectivity index is 1.43. The Morgan fingerprint density at radius 2 is 1.97 bits per heavy atom. The van der Waals surface area contributed by atoms with Crippen molar-refractivity contribution in [1.29, 1.82) is 0 Å². The molecule has 10 heteroatoms. The molecule has 0 aliphatic carbocycles. The molecule has 9 nitrogen and oxygen atoms in total. The third kappa shape index (κ3) is 4.50. The van der Waals surface area contributed by atoms with Gasteiger partial charge in [-0.3, -0.25) is 4.79 Å². The van der Waals surface area contributed by atoms with E-state index in [0.717, 1.165) is 12.8 Å². The summed E-state index contributed by atoms with van der Waals surface area (Å²) in [5.74, 6) is -0.408. The van der Waals surface area contributed by atoms with E-state index in [2.05, 4.69) is 15.6 Å². The molecule has 1 amide bonds. The Labute approximate surface area is 170 Å². The van der Waals surface area contributed by atoms with Crippen molar-refractivity contribution < 1.29 is 32.8 Å².